The fourth-order valence-electron chi connectivity index (χ4n) is 2.81. The molecule has 0 radical (unpaired) electrons. The highest BCUT2D eigenvalue weighted by atomic mass is 16.5. The van der Waals surface area contributed by atoms with E-state index in [1.54, 1.807) is 14.2 Å². The first-order valence-electron chi connectivity index (χ1n) is 7.82. The highest BCUT2D eigenvalue weighted by Gasteiger charge is 2.37. The van der Waals surface area contributed by atoms with Gasteiger partial charge in [-0.05, 0) is 49.9 Å². The molecule has 1 aliphatic carbocycles. The van der Waals surface area contributed by atoms with Crippen LogP contribution in [-0.2, 0) is 4.74 Å². The van der Waals surface area contributed by atoms with E-state index in [0.29, 0.717) is 5.92 Å². The highest BCUT2D eigenvalue weighted by Crippen LogP contribution is 2.41. The van der Waals surface area contributed by atoms with E-state index in [1.807, 2.05) is 6.07 Å². The largest absolute Gasteiger partial charge is 0.493 e. The van der Waals surface area contributed by atoms with Crippen LogP contribution in [0.25, 0.3) is 0 Å². The summed E-state index contributed by atoms with van der Waals surface area (Å²) in [5.41, 5.74) is 1.19. The molecule has 0 amide bonds. The van der Waals surface area contributed by atoms with Gasteiger partial charge in [0.2, 0.25) is 0 Å². The number of hydrogen-bond acceptors (Lipinski definition) is 4. The Hall–Kier alpha value is -1.26. The van der Waals surface area contributed by atoms with Crippen LogP contribution >= 0.6 is 0 Å². The third-order valence-corrected chi connectivity index (χ3v) is 3.97. The zero-order chi connectivity index (χ0) is 15.2. The van der Waals surface area contributed by atoms with Crippen molar-refractivity contribution in [2.45, 2.75) is 38.8 Å². The van der Waals surface area contributed by atoms with Crippen LogP contribution in [0.5, 0.6) is 11.5 Å². The van der Waals surface area contributed by atoms with Crippen molar-refractivity contribution in [1.29, 1.82) is 0 Å². The van der Waals surface area contributed by atoms with Crippen LogP contribution in [0.4, 0.5) is 0 Å². The minimum Gasteiger partial charge on any atom is -0.493 e. The standard InChI is InChI=1S/C17H27NO3/c1-5-18-16(17(21-6-2)12-7-8-12)13-9-10-14(19-3)15(11-13)20-4/h9-12,16-18H,5-8H2,1-4H3. The summed E-state index contributed by atoms with van der Waals surface area (Å²) in [4.78, 5) is 0. The van der Waals surface area contributed by atoms with Crippen molar-refractivity contribution in [2.24, 2.45) is 5.92 Å². The molecule has 4 heteroatoms. The highest BCUT2D eigenvalue weighted by molar-refractivity contribution is 5.44. The summed E-state index contributed by atoms with van der Waals surface area (Å²) in [7, 11) is 3.33. The first kappa shape index (κ1) is 16.1. The van der Waals surface area contributed by atoms with Gasteiger partial charge in [-0.15, -0.1) is 0 Å². The molecule has 21 heavy (non-hydrogen) atoms. The summed E-state index contributed by atoms with van der Waals surface area (Å²) in [6.07, 6.45) is 2.76. The Morgan fingerprint density at radius 1 is 1.14 bits per heavy atom. The maximum Gasteiger partial charge on any atom is 0.161 e. The molecular weight excluding hydrogens is 266 g/mol. The number of methoxy groups -OCH3 is 2. The van der Waals surface area contributed by atoms with Crippen LogP contribution in [0.3, 0.4) is 0 Å². The van der Waals surface area contributed by atoms with Crippen molar-refractivity contribution < 1.29 is 14.2 Å². The number of hydrogen-bond donors (Lipinski definition) is 1. The van der Waals surface area contributed by atoms with E-state index in [4.69, 9.17) is 14.2 Å². The molecule has 0 saturated heterocycles. The Morgan fingerprint density at radius 2 is 1.86 bits per heavy atom. The summed E-state index contributed by atoms with van der Waals surface area (Å²) < 4.78 is 16.8. The van der Waals surface area contributed by atoms with Crippen LogP contribution in [0.1, 0.15) is 38.3 Å². The number of ether oxygens (including phenoxy) is 3. The van der Waals surface area contributed by atoms with Crippen LogP contribution < -0.4 is 14.8 Å². The first-order chi connectivity index (χ1) is 10.2. The van der Waals surface area contributed by atoms with E-state index < -0.39 is 0 Å². The van der Waals surface area contributed by atoms with Crippen molar-refractivity contribution in [3.63, 3.8) is 0 Å². The van der Waals surface area contributed by atoms with Crippen LogP contribution in [-0.4, -0.2) is 33.5 Å². The molecule has 1 fully saturated rings. The number of rotatable bonds is 9. The van der Waals surface area contributed by atoms with Crippen LogP contribution in [0.15, 0.2) is 18.2 Å². The molecule has 0 aromatic heterocycles. The van der Waals surface area contributed by atoms with Crippen molar-refractivity contribution >= 4 is 0 Å². The molecule has 1 aromatic rings. The van der Waals surface area contributed by atoms with E-state index in [-0.39, 0.29) is 12.1 Å². The van der Waals surface area contributed by atoms with Gasteiger partial charge < -0.3 is 19.5 Å². The Kier molecular flexibility index (Phi) is 5.88. The normalized spacial score (nSPS) is 17.3. The van der Waals surface area contributed by atoms with E-state index in [9.17, 15) is 0 Å². The summed E-state index contributed by atoms with van der Waals surface area (Å²) in [6, 6.07) is 6.32. The fraction of sp³-hybridized carbons (Fsp3) is 0.647. The molecule has 1 N–H and O–H groups in total. The lowest BCUT2D eigenvalue weighted by Gasteiger charge is -2.28. The molecule has 2 unspecified atom stereocenters. The molecule has 0 aliphatic heterocycles. The van der Waals surface area contributed by atoms with Gasteiger partial charge in [0.1, 0.15) is 0 Å². The van der Waals surface area contributed by atoms with Gasteiger partial charge in [-0.3, -0.25) is 0 Å². The van der Waals surface area contributed by atoms with Crippen molar-refractivity contribution in [3.8, 4) is 11.5 Å². The van der Waals surface area contributed by atoms with Gasteiger partial charge in [0.05, 0.1) is 26.4 Å². The Labute approximate surface area is 127 Å². The van der Waals surface area contributed by atoms with E-state index in [2.05, 4.69) is 31.3 Å². The minimum atomic E-state index is 0.197. The average Bonchev–Trinajstić information content (AvgIpc) is 3.34. The number of benzene rings is 1. The lowest BCUT2D eigenvalue weighted by molar-refractivity contribution is 0.0189. The Balaban J connectivity index is 2.27. The number of nitrogens with one attached hydrogen (secondary N) is 1. The van der Waals surface area contributed by atoms with Gasteiger partial charge >= 0.3 is 0 Å². The molecular formula is C17H27NO3. The van der Waals surface area contributed by atoms with Crippen molar-refractivity contribution in [3.05, 3.63) is 23.8 Å². The maximum absolute atomic E-state index is 6.03. The summed E-state index contributed by atoms with van der Waals surface area (Å²) in [5, 5.41) is 3.57. The monoisotopic (exact) mass is 293 g/mol. The molecule has 1 aromatic carbocycles. The van der Waals surface area contributed by atoms with Crippen molar-refractivity contribution in [2.75, 3.05) is 27.4 Å². The molecule has 1 aliphatic rings. The molecule has 2 rings (SSSR count). The predicted molar refractivity (Wildman–Crippen MR) is 84.1 cm³/mol. The van der Waals surface area contributed by atoms with Gasteiger partial charge in [0, 0.05) is 6.61 Å². The topological polar surface area (TPSA) is 39.7 Å². The fourth-order valence-corrected chi connectivity index (χ4v) is 2.81. The molecule has 0 heterocycles. The zero-order valence-corrected chi connectivity index (χ0v) is 13.5. The second kappa shape index (κ2) is 7.66. The number of likely N-dealkylation sites (N-methyl/N-ethyl adjacent to an activating group) is 1. The Morgan fingerprint density at radius 3 is 2.38 bits per heavy atom. The van der Waals surface area contributed by atoms with Gasteiger partial charge in [0.15, 0.2) is 11.5 Å². The molecule has 1 saturated carbocycles. The SMILES string of the molecule is CCNC(c1ccc(OC)c(OC)c1)C(OCC)C1CC1. The lowest BCUT2D eigenvalue weighted by Crippen LogP contribution is -2.35. The molecule has 4 nitrogen and oxygen atoms in total. The minimum absolute atomic E-state index is 0.197. The zero-order valence-electron chi connectivity index (χ0n) is 13.5. The lowest BCUT2D eigenvalue weighted by atomic mass is 9.97. The summed E-state index contributed by atoms with van der Waals surface area (Å²) in [6.45, 7) is 5.85. The van der Waals surface area contributed by atoms with E-state index in [0.717, 1.165) is 24.7 Å². The first-order valence-corrected chi connectivity index (χ1v) is 7.82. The smallest absolute Gasteiger partial charge is 0.161 e. The van der Waals surface area contributed by atoms with Crippen LogP contribution in [0, 0.1) is 5.92 Å². The van der Waals surface area contributed by atoms with Crippen LogP contribution in [0.2, 0.25) is 0 Å². The quantitative estimate of drug-likeness (QED) is 0.759. The second-order valence-electron chi connectivity index (χ2n) is 5.41. The van der Waals surface area contributed by atoms with E-state index >= 15 is 0 Å². The van der Waals surface area contributed by atoms with E-state index in [1.165, 1.54) is 18.4 Å². The van der Waals surface area contributed by atoms with Gasteiger partial charge in [-0.1, -0.05) is 13.0 Å². The average molecular weight is 293 g/mol. The predicted octanol–water partition coefficient (Wildman–Crippen LogP) is 3.17. The summed E-state index contributed by atoms with van der Waals surface area (Å²) in [5.74, 6) is 2.20. The third kappa shape index (κ3) is 3.89. The second-order valence-corrected chi connectivity index (χ2v) is 5.41. The van der Waals surface area contributed by atoms with Gasteiger partial charge in [-0.25, -0.2) is 0 Å². The maximum atomic E-state index is 6.03. The Bertz CT molecular complexity index is 446. The molecule has 2 atom stereocenters. The van der Waals surface area contributed by atoms with Gasteiger partial charge in [0.25, 0.3) is 0 Å². The molecule has 118 valence electrons. The van der Waals surface area contributed by atoms with Gasteiger partial charge in [-0.2, -0.15) is 0 Å². The molecule has 0 spiro atoms. The molecule has 0 bridgehead atoms. The summed E-state index contributed by atoms with van der Waals surface area (Å²) >= 11 is 0. The van der Waals surface area contributed by atoms with Crippen molar-refractivity contribution in [1.82, 2.24) is 5.32 Å². The third-order valence-electron chi connectivity index (χ3n) is 3.97.